The number of hydrogen-bond donors (Lipinski definition) is 2. The first kappa shape index (κ1) is 18.3. The van der Waals surface area contributed by atoms with Crippen LogP contribution in [-0.2, 0) is 19.5 Å². The smallest absolute Gasteiger partial charge is 0.191 e. The zero-order valence-corrected chi connectivity index (χ0v) is 15.8. The van der Waals surface area contributed by atoms with Crippen LogP contribution in [0.15, 0.2) is 33.8 Å². The molecule has 0 aliphatic heterocycles. The molecule has 0 atom stereocenters. The number of nitrogens with zero attached hydrogens (tertiary/aromatic N) is 2. The Morgan fingerprint density at radius 1 is 1.27 bits per heavy atom. The number of aryl methyl sites for hydroxylation is 2. The van der Waals surface area contributed by atoms with Gasteiger partial charge in [-0.25, -0.2) is 0 Å². The molecule has 1 fully saturated rings. The minimum atomic E-state index is 0.547. The minimum absolute atomic E-state index is 0.547. The van der Waals surface area contributed by atoms with E-state index in [1.807, 2.05) is 6.07 Å². The van der Waals surface area contributed by atoms with Gasteiger partial charge in [-0.2, -0.15) is 0 Å². The molecule has 1 aromatic heterocycles. The highest BCUT2D eigenvalue weighted by molar-refractivity contribution is 5.79. The molecule has 0 unspecified atom stereocenters. The van der Waals surface area contributed by atoms with E-state index in [9.17, 15) is 0 Å². The Balaban J connectivity index is 1.54. The van der Waals surface area contributed by atoms with Crippen LogP contribution >= 0.6 is 0 Å². The summed E-state index contributed by atoms with van der Waals surface area (Å²) in [5, 5.41) is 10.6. The van der Waals surface area contributed by atoms with Gasteiger partial charge in [0.05, 0.1) is 18.8 Å². The molecule has 1 heterocycles. The molecule has 0 radical (unpaired) electrons. The van der Waals surface area contributed by atoms with E-state index in [0.717, 1.165) is 41.7 Å². The number of hydrogen-bond acceptors (Lipinski definition) is 4. The van der Waals surface area contributed by atoms with E-state index in [0.29, 0.717) is 19.0 Å². The van der Waals surface area contributed by atoms with E-state index in [4.69, 9.17) is 9.26 Å². The lowest BCUT2D eigenvalue weighted by Crippen LogP contribution is -2.36. The fraction of sp³-hybridized carbons (Fsp3) is 0.500. The molecule has 6 heteroatoms. The van der Waals surface area contributed by atoms with Crippen molar-refractivity contribution in [1.29, 1.82) is 0 Å². The van der Waals surface area contributed by atoms with Crippen molar-refractivity contribution in [3.8, 4) is 5.75 Å². The molecule has 0 bridgehead atoms. The molecular formula is C20H28N4O2. The average Bonchev–Trinajstić information content (AvgIpc) is 3.37. The summed E-state index contributed by atoms with van der Waals surface area (Å²) in [6.07, 6.45) is 3.45. The molecular weight excluding hydrogens is 328 g/mol. The van der Waals surface area contributed by atoms with Crippen LogP contribution in [0.1, 0.15) is 42.3 Å². The largest absolute Gasteiger partial charge is 0.493 e. The first-order valence-corrected chi connectivity index (χ1v) is 9.29. The molecule has 26 heavy (non-hydrogen) atoms. The predicted molar refractivity (Wildman–Crippen MR) is 102 cm³/mol. The fourth-order valence-electron chi connectivity index (χ4n) is 2.61. The summed E-state index contributed by atoms with van der Waals surface area (Å²) < 4.78 is 11.3. The zero-order chi connectivity index (χ0) is 18.4. The Labute approximate surface area is 155 Å². The molecule has 1 aliphatic rings. The quantitative estimate of drug-likeness (QED) is 0.561. The molecule has 2 N–H and O–H groups in total. The lowest BCUT2D eigenvalue weighted by Gasteiger charge is -2.15. The minimum Gasteiger partial charge on any atom is -0.493 e. The number of nitrogens with one attached hydrogen (secondary N) is 2. The van der Waals surface area contributed by atoms with Crippen LogP contribution in [0, 0.1) is 12.8 Å². The molecule has 2 aromatic rings. The van der Waals surface area contributed by atoms with E-state index in [1.165, 1.54) is 18.4 Å². The Hall–Kier alpha value is -2.50. The van der Waals surface area contributed by atoms with Crippen molar-refractivity contribution in [2.75, 3.05) is 13.7 Å². The second-order valence-corrected chi connectivity index (χ2v) is 6.78. The van der Waals surface area contributed by atoms with E-state index in [-0.39, 0.29) is 0 Å². The van der Waals surface area contributed by atoms with Gasteiger partial charge in [0.2, 0.25) is 0 Å². The summed E-state index contributed by atoms with van der Waals surface area (Å²) in [7, 11) is 1.76. The van der Waals surface area contributed by atoms with Crippen LogP contribution in [0.3, 0.4) is 0 Å². The molecule has 6 nitrogen and oxygen atoms in total. The normalized spacial score (nSPS) is 14.3. The van der Waals surface area contributed by atoms with Gasteiger partial charge in [0.1, 0.15) is 5.75 Å². The number of benzene rings is 1. The first-order chi connectivity index (χ1) is 12.7. The number of rotatable bonds is 8. The highest BCUT2D eigenvalue weighted by Gasteiger charge is 2.22. The number of guanidine groups is 1. The van der Waals surface area contributed by atoms with Gasteiger partial charge in [0.25, 0.3) is 0 Å². The van der Waals surface area contributed by atoms with Gasteiger partial charge in [-0.15, -0.1) is 0 Å². The van der Waals surface area contributed by atoms with Crippen molar-refractivity contribution in [1.82, 2.24) is 15.8 Å². The van der Waals surface area contributed by atoms with E-state index < -0.39 is 0 Å². The number of aliphatic imine (C=N–C) groups is 1. The maximum absolute atomic E-state index is 6.03. The molecule has 0 saturated heterocycles. The second kappa shape index (κ2) is 8.74. The van der Waals surface area contributed by atoms with Gasteiger partial charge < -0.3 is 19.9 Å². The maximum Gasteiger partial charge on any atom is 0.191 e. The summed E-state index contributed by atoms with van der Waals surface area (Å²) in [6, 6.07) is 8.29. The van der Waals surface area contributed by atoms with Crippen LogP contribution in [-0.4, -0.2) is 24.8 Å². The van der Waals surface area contributed by atoms with Crippen molar-refractivity contribution in [2.24, 2.45) is 10.9 Å². The Bertz CT molecular complexity index is 750. The third-order valence-electron chi connectivity index (χ3n) is 4.46. The topological polar surface area (TPSA) is 71.7 Å². The van der Waals surface area contributed by atoms with E-state index in [2.05, 4.69) is 52.8 Å². The van der Waals surface area contributed by atoms with Gasteiger partial charge in [-0.05, 0) is 43.7 Å². The Kier molecular flexibility index (Phi) is 6.15. The summed E-state index contributed by atoms with van der Waals surface area (Å²) in [5.41, 5.74) is 3.30. The van der Waals surface area contributed by atoms with Crippen molar-refractivity contribution in [3.63, 3.8) is 0 Å². The van der Waals surface area contributed by atoms with Gasteiger partial charge >= 0.3 is 0 Å². The fourth-order valence-corrected chi connectivity index (χ4v) is 2.61. The van der Waals surface area contributed by atoms with Gasteiger partial charge in [0.15, 0.2) is 11.7 Å². The number of ether oxygens (including phenoxy) is 1. The van der Waals surface area contributed by atoms with Crippen LogP contribution in [0.2, 0.25) is 0 Å². The van der Waals surface area contributed by atoms with Gasteiger partial charge in [0, 0.05) is 25.2 Å². The van der Waals surface area contributed by atoms with Gasteiger partial charge in [-0.3, -0.25) is 4.99 Å². The third-order valence-corrected chi connectivity index (χ3v) is 4.46. The summed E-state index contributed by atoms with van der Waals surface area (Å²) in [5.74, 6) is 3.21. The third kappa shape index (κ3) is 5.25. The molecule has 140 valence electrons. The van der Waals surface area contributed by atoms with Crippen molar-refractivity contribution >= 4 is 5.96 Å². The van der Waals surface area contributed by atoms with Crippen molar-refractivity contribution in [2.45, 2.75) is 46.2 Å². The molecule has 3 rings (SSSR count). The predicted octanol–water partition coefficient (Wildman–Crippen LogP) is 3.20. The number of aromatic nitrogens is 1. The summed E-state index contributed by atoms with van der Waals surface area (Å²) >= 11 is 0. The molecule has 0 amide bonds. The standard InChI is InChI=1S/C20H28N4O2/c1-4-17-10-18(26-24-17)12-23-20(21-3)22-11-16-8-5-14(2)9-19(16)25-13-15-6-7-15/h5,8-10,15H,4,6-7,11-13H2,1-3H3,(H2,21,22,23). The van der Waals surface area contributed by atoms with E-state index >= 15 is 0 Å². The summed E-state index contributed by atoms with van der Waals surface area (Å²) in [4.78, 5) is 4.27. The summed E-state index contributed by atoms with van der Waals surface area (Å²) in [6.45, 7) is 6.15. The Morgan fingerprint density at radius 3 is 2.77 bits per heavy atom. The van der Waals surface area contributed by atoms with Crippen LogP contribution in [0.5, 0.6) is 5.75 Å². The van der Waals surface area contributed by atoms with E-state index in [1.54, 1.807) is 7.05 Å². The van der Waals surface area contributed by atoms with Gasteiger partial charge in [-0.1, -0.05) is 24.2 Å². The zero-order valence-electron chi connectivity index (χ0n) is 15.8. The average molecular weight is 356 g/mol. The highest BCUT2D eigenvalue weighted by Crippen LogP contribution is 2.30. The van der Waals surface area contributed by atoms with Crippen LogP contribution in [0.25, 0.3) is 0 Å². The lowest BCUT2D eigenvalue weighted by atomic mass is 10.1. The van der Waals surface area contributed by atoms with Crippen molar-refractivity contribution in [3.05, 3.63) is 46.8 Å². The highest BCUT2D eigenvalue weighted by atomic mass is 16.5. The first-order valence-electron chi connectivity index (χ1n) is 9.29. The molecule has 1 aromatic carbocycles. The molecule has 0 spiro atoms. The lowest BCUT2D eigenvalue weighted by molar-refractivity contribution is 0.296. The Morgan fingerprint density at radius 2 is 2.08 bits per heavy atom. The van der Waals surface area contributed by atoms with Crippen LogP contribution in [0.4, 0.5) is 0 Å². The van der Waals surface area contributed by atoms with Crippen LogP contribution < -0.4 is 15.4 Å². The molecule has 1 aliphatic carbocycles. The monoisotopic (exact) mass is 356 g/mol. The second-order valence-electron chi connectivity index (χ2n) is 6.78. The van der Waals surface area contributed by atoms with Crippen molar-refractivity contribution < 1.29 is 9.26 Å². The molecule has 1 saturated carbocycles. The SMILES string of the molecule is CCc1cc(CNC(=NC)NCc2ccc(C)cc2OCC2CC2)on1. The maximum atomic E-state index is 6.03.